The Bertz CT molecular complexity index is 588. The summed E-state index contributed by atoms with van der Waals surface area (Å²) in [6.45, 7) is 0.638. The summed E-state index contributed by atoms with van der Waals surface area (Å²) in [5.74, 6) is -1.93. The van der Waals surface area contributed by atoms with Crippen molar-refractivity contribution >= 4 is 17.9 Å². The van der Waals surface area contributed by atoms with Crippen LogP contribution in [0.2, 0.25) is 0 Å². The minimum atomic E-state index is -0.802. The highest BCUT2D eigenvalue weighted by atomic mass is 17.1. The quantitative estimate of drug-likeness (QED) is 0.208. The first-order valence-corrected chi connectivity index (χ1v) is 7.31. The zero-order valence-electron chi connectivity index (χ0n) is 13.5. The first kappa shape index (κ1) is 20.5. The lowest BCUT2D eigenvalue weighted by atomic mass is 10.2. The maximum Gasteiger partial charge on any atom is 0.344 e. The maximum atomic E-state index is 11.9. The first-order chi connectivity index (χ1) is 11.9. The summed E-state index contributed by atoms with van der Waals surface area (Å²) in [6, 6.07) is 6.00. The molecule has 25 heavy (non-hydrogen) atoms. The molecular weight excluding hydrogens is 338 g/mol. The number of benzene rings is 1. The first-order valence-electron chi connectivity index (χ1n) is 7.31. The Morgan fingerprint density at radius 2 is 1.80 bits per heavy atom. The molecule has 0 fully saturated rings. The molecule has 1 rings (SSSR count). The van der Waals surface area contributed by atoms with E-state index in [1.54, 1.807) is 12.1 Å². The predicted octanol–water partition coefficient (Wildman–Crippen LogP) is 1.45. The number of rotatable bonds is 10. The Morgan fingerprint density at radius 3 is 2.48 bits per heavy atom. The fourth-order valence-corrected chi connectivity index (χ4v) is 1.70. The normalized spacial score (nSPS) is 10.4. The molecule has 0 spiro atoms. The van der Waals surface area contributed by atoms with Crippen molar-refractivity contribution < 1.29 is 43.8 Å². The summed E-state index contributed by atoms with van der Waals surface area (Å²) in [5.41, 5.74) is 0.0310. The molecule has 0 aliphatic heterocycles. The van der Waals surface area contributed by atoms with Crippen molar-refractivity contribution in [2.45, 2.75) is 26.2 Å². The molecule has 0 aliphatic carbocycles. The molecule has 10 nitrogen and oxygen atoms in total. The molecule has 1 aromatic rings. The van der Waals surface area contributed by atoms with Gasteiger partial charge >= 0.3 is 17.9 Å². The molecule has 0 aliphatic rings. The highest BCUT2D eigenvalue weighted by molar-refractivity contribution is 5.93. The molecule has 2 N–H and O–H groups in total. The van der Waals surface area contributed by atoms with E-state index in [-0.39, 0.29) is 24.3 Å². The molecule has 0 bridgehead atoms. The topological polar surface area (TPSA) is 132 Å². The second kappa shape index (κ2) is 11.1. The van der Waals surface area contributed by atoms with Crippen molar-refractivity contribution in [3.63, 3.8) is 0 Å². The number of carbonyl (C=O) groups excluding carboxylic acids is 3. The van der Waals surface area contributed by atoms with Crippen LogP contribution in [0.4, 0.5) is 0 Å². The number of unbranched alkanes of at least 4 members (excludes halogenated alkanes) is 1. The van der Waals surface area contributed by atoms with Gasteiger partial charge in [0.15, 0.2) is 0 Å². The van der Waals surface area contributed by atoms with E-state index in [2.05, 4.69) is 4.84 Å². The Labute approximate surface area is 143 Å². The number of nitrogens with zero attached hydrogens (tertiary/aromatic N) is 1. The van der Waals surface area contributed by atoms with Gasteiger partial charge in [-0.15, -0.1) is 0 Å². The molecule has 1 aromatic carbocycles. The standard InChI is InChI=1S/C15H19NO9/c1-11(17)25-13-7-3-2-6-12(13)15(19)23-10-22-14(18)8-4-5-9-24-16(20)21/h2-3,6-7,20-21H,4-5,8-10H2,1H3. The maximum absolute atomic E-state index is 11.9. The highest BCUT2D eigenvalue weighted by Gasteiger charge is 2.15. The van der Waals surface area contributed by atoms with Crippen LogP contribution in [0.25, 0.3) is 0 Å². The lowest BCUT2D eigenvalue weighted by Gasteiger charge is -2.09. The summed E-state index contributed by atoms with van der Waals surface area (Å²) in [7, 11) is 0. The van der Waals surface area contributed by atoms with Crippen molar-refractivity contribution in [2.75, 3.05) is 13.4 Å². The van der Waals surface area contributed by atoms with E-state index in [9.17, 15) is 14.4 Å². The summed E-state index contributed by atoms with van der Waals surface area (Å²) in [4.78, 5) is 38.7. The molecule has 0 atom stereocenters. The van der Waals surface area contributed by atoms with Crippen LogP contribution in [0.15, 0.2) is 24.3 Å². The summed E-state index contributed by atoms with van der Waals surface area (Å²) < 4.78 is 14.4. The fraction of sp³-hybridized carbons (Fsp3) is 0.400. The number of hydrogen-bond acceptors (Lipinski definition) is 10. The molecular formula is C15H19NO9. The minimum Gasteiger partial charge on any atom is -0.428 e. The van der Waals surface area contributed by atoms with E-state index in [0.29, 0.717) is 12.8 Å². The third kappa shape index (κ3) is 8.77. The van der Waals surface area contributed by atoms with Crippen molar-refractivity contribution in [2.24, 2.45) is 0 Å². The van der Waals surface area contributed by atoms with Gasteiger partial charge in [0.25, 0.3) is 0 Å². The molecule has 0 saturated heterocycles. The van der Waals surface area contributed by atoms with Crippen LogP contribution in [0.1, 0.15) is 36.5 Å². The van der Waals surface area contributed by atoms with Crippen LogP contribution in [0.5, 0.6) is 5.75 Å². The average Bonchev–Trinajstić information content (AvgIpc) is 2.54. The summed E-state index contributed by atoms with van der Waals surface area (Å²) in [5, 5.41) is 16.2. The minimum absolute atomic E-state index is 0.0161. The zero-order valence-corrected chi connectivity index (χ0v) is 13.5. The lowest BCUT2D eigenvalue weighted by molar-refractivity contribution is -0.492. The second-order valence-electron chi connectivity index (χ2n) is 4.70. The summed E-state index contributed by atoms with van der Waals surface area (Å²) in [6.07, 6.45) is 0.819. The van der Waals surface area contributed by atoms with Crippen molar-refractivity contribution in [3.05, 3.63) is 29.8 Å². The van der Waals surface area contributed by atoms with Gasteiger partial charge in [0, 0.05) is 13.3 Å². The van der Waals surface area contributed by atoms with E-state index in [0.717, 1.165) is 0 Å². The van der Waals surface area contributed by atoms with E-state index >= 15 is 0 Å². The molecule has 138 valence electrons. The molecule has 0 radical (unpaired) electrons. The molecule has 0 saturated carbocycles. The van der Waals surface area contributed by atoms with Crippen LogP contribution >= 0.6 is 0 Å². The molecule has 0 amide bonds. The lowest BCUT2D eigenvalue weighted by Crippen LogP contribution is -2.16. The van der Waals surface area contributed by atoms with Crippen LogP contribution in [-0.4, -0.2) is 47.1 Å². The zero-order chi connectivity index (χ0) is 18.7. The van der Waals surface area contributed by atoms with Gasteiger partial charge in [-0.1, -0.05) is 12.1 Å². The number of para-hydroxylation sites is 1. The van der Waals surface area contributed by atoms with Crippen molar-refractivity contribution in [1.29, 1.82) is 0 Å². The Kier molecular flexibility index (Phi) is 9.11. The van der Waals surface area contributed by atoms with E-state index in [1.807, 2.05) is 0 Å². The fourth-order valence-electron chi connectivity index (χ4n) is 1.70. The van der Waals surface area contributed by atoms with Gasteiger partial charge in [0.1, 0.15) is 11.3 Å². The molecule has 0 unspecified atom stereocenters. The van der Waals surface area contributed by atoms with Gasteiger partial charge in [-0.2, -0.15) is 0 Å². The highest BCUT2D eigenvalue weighted by Crippen LogP contribution is 2.19. The number of carbonyl (C=O) groups is 3. The smallest absolute Gasteiger partial charge is 0.344 e. The largest absolute Gasteiger partial charge is 0.428 e. The van der Waals surface area contributed by atoms with E-state index in [4.69, 9.17) is 24.6 Å². The number of ether oxygens (including phenoxy) is 3. The summed E-state index contributed by atoms with van der Waals surface area (Å²) >= 11 is 0. The van der Waals surface area contributed by atoms with Gasteiger partial charge in [-0.05, 0) is 25.0 Å². The average molecular weight is 357 g/mol. The van der Waals surface area contributed by atoms with Crippen LogP contribution in [0.3, 0.4) is 0 Å². The third-order valence-corrected chi connectivity index (χ3v) is 2.75. The Balaban J connectivity index is 2.30. The number of esters is 3. The third-order valence-electron chi connectivity index (χ3n) is 2.75. The monoisotopic (exact) mass is 357 g/mol. The van der Waals surface area contributed by atoms with Gasteiger partial charge < -0.3 is 14.2 Å². The molecule has 0 aromatic heterocycles. The second-order valence-corrected chi connectivity index (χ2v) is 4.70. The van der Waals surface area contributed by atoms with E-state index < -0.39 is 30.1 Å². The van der Waals surface area contributed by atoms with Crippen molar-refractivity contribution in [3.8, 4) is 5.75 Å². The van der Waals surface area contributed by atoms with Crippen LogP contribution in [-0.2, 0) is 23.9 Å². The van der Waals surface area contributed by atoms with Gasteiger partial charge in [-0.25, -0.2) is 4.79 Å². The SMILES string of the molecule is CC(=O)Oc1ccccc1C(=O)OCOC(=O)CCCCON(O)O. The van der Waals surface area contributed by atoms with E-state index in [1.165, 1.54) is 19.1 Å². The Hall–Kier alpha value is -2.53. The van der Waals surface area contributed by atoms with Gasteiger partial charge in [0.2, 0.25) is 6.79 Å². The van der Waals surface area contributed by atoms with Gasteiger partial charge in [0.05, 0.1) is 12.0 Å². The molecule has 10 heteroatoms. The number of hydrogen-bond donors (Lipinski definition) is 2. The predicted molar refractivity (Wildman–Crippen MR) is 79.3 cm³/mol. The van der Waals surface area contributed by atoms with Crippen molar-refractivity contribution in [1.82, 2.24) is 5.39 Å². The van der Waals surface area contributed by atoms with Crippen LogP contribution in [0, 0.1) is 0 Å². The van der Waals surface area contributed by atoms with Gasteiger partial charge in [-0.3, -0.25) is 24.8 Å². The van der Waals surface area contributed by atoms with Crippen LogP contribution < -0.4 is 4.74 Å². The molecule has 0 heterocycles. The Morgan fingerprint density at radius 1 is 1.08 bits per heavy atom.